The van der Waals surface area contributed by atoms with E-state index in [9.17, 15) is 9.59 Å². The van der Waals surface area contributed by atoms with Crippen LogP contribution in [-0.4, -0.2) is 35.7 Å². The molecular formula is C9H13N5O3S. The summed E-state index contributed by atoms with van der Waals surface area (Å²) in [6.07, 6.45) is 0. The summed E-state index contributed by atoms with van der Waals surface area (Å²) in [6, 6.07) is -0.824. The molecule has 0 saturated carbocycles. The second-order valence-corrected chi connectivity index (χ2v) is 4.18. The van der Waals surface area contributed by atoms with Gasteiger partial charge >= 0.3 is 0 Å². The van der Waals surface area contributed by atoms with Crippen LogP contribution in [0, 0.1) is 0 Å². The van der Waals surface area contributed by atoms with E-state index in [1.807, 2.05) is 0 Å². The molecule has 1 heterocycles. The van der Waals surface area contributed by atoms with Crippen molar-refractivity contribution in [1.82, 2.24) is 10.3 Å². The molecule has 0 aliphatic carbocycles. The Labute approximate surface area is 107 Å². The first-order chi connectivity index (χ1) is 8.45. The number of rotatable bonds is 5. The lowest BCUT2D eigenvalue weighted by Crippen LogP contribution is -2.45. The highest BCUT2D eigenvalue weighted by molar-refractivity contribution is 7.13. The van der Waals surface area contributed by atoms with Gasteiger partial charge < -0.3 is 21.6 Å². The van der Waals surface area contributed by atoms with Crippen molar-refractivity contribution in [1.29, 1.82) is 0 Å². The molecule has 0 spiro atoms. The lowest BCUT2D eigenvalue weighted by molar-refractivity contribution is -0.123. The molecular weight excluding hydrogens is 258 g/mol. The summed E-state index contributed by atoms with van der Waals surface area (Å²) in [6.45, 7) is 1.46. The van der Waals surface area contributed by atoms with Gasteiger partial charge in [-0.05, 0) is 6.92 Å². The average Bonchev–Trinajstić information content (AvgIpc) is 2.72. The Morgan fingerprint density at radius 2 is 2.28 bits per heavy atom. The summed E-state index contributed by atoms with van der Waals surface area (Å²) in [5, 5.41) is 7.79. The number of oxime groups is 1. The molecule has 0 aliphatic heterocycles. The van der Waals surface area contributed by atoms with Gasteiger partial charge in [0.2, 0.25) is 5.91 Å². The van der Waals surface area contributed by atoms with Crippen molar-refractivity contribution in [3.63, 3.8) is 0 Å². The standard InChI is InChI=1S/C9H13N5O3S/c1-4(7(10)15)12-8(16)6(14-17-2)5-3-18-9(11)13-5/h3-4H,1-2H3,(H2,10,15)(H2,11,13)(H,12,16)/b14-6-. The number of thiazole rings is 1. The lowest BCUT2D eigenvalue weighted by atomic mass is 10.2. The molecule has 18 heavy (non-hydrogen) atoms. The fraction of sp³-hybridized carbons (Fsp3) is 0.333. The molecule has 0 radical (unpaired) electrons. The van der Waals surface area contributed by atoms with Crippen LogP contribution in [0.2, 0.25) is 0 Å². The Balaban J connectivity index is 2.90. The largest absolute Gasteiger partial charge is 0.398 e. The predicted octanol–water partition coefficient (Wildman–Crippen LogP) is -0.934. The third-order valence-corrected chi connectivity index (χ3v) is 2.61. The van der Waals surface area contributed by atoms with Gasteiger partial charge in [0.25, 0.3) is 5.91 Å². The van der Waals surface area contributed by atoms with E-state index >= 15 is 0 Å². The molecule has 1 rings (SSSR count). The van der Waals surface area contributed by atoms with E-state index in [-0.39, 0.29) is 11.4 Å². The molecule has 0 aliphatic rings. The highest BCUT2D eigenvalue weighted by Crippen LogP contribution is 2.12. The van der Waals surface area contributed by atoms with Gasteiger partial charge in [0.1, 0.15) is 18.8 Å². The molecule has 1 aromatic heterocycles. The van der Waals surface area contributed by atoms with Gasteiger partial charge in [0.05, 0.1) is 0 Å². The maximum atomic E-state index is 11.9. The number of primary amides is 1. The van der Waals surface area contributed by atoms with Gasteiger partial charge in [0.15, 0.2) is 10.8 Å². The van der Waals surface area contributed by atoms with Gasteiger partial charge in [-0.15, -0.1) is 11.3 Å². The number of nitrogens with two attached hydrogens (primary N) is 2. The fourth-order valence-electron chi connectivity index (χ4n) is 1.03. The first-order valence-corrected chi connectivity index (χ1v) is 5.76. The summed E-state index contributed by atoms with van der Waals surface area (Å²) < 4.78 is 0. The fourth-order valence-corrected chi connectivity index (χ4v) is 1.58. The molecule has 5 N–H and O–H groups in total. The summed E-state index contributed by atoms with van der Waals surface area (Å²) >= 11 is 1.16. The van der Waals surface area contributed by atoms with Crippen molar-refractivity contribution < 1.29 is 14.4 Å². The molecule has 1 atom stereocenters. The van der Waals surface area contributed by atoms with Crippen LogP contribution < -0.4 is 16.8 Å². The van der Waals surface area contributed by atoms with Crippen LogP contribution >= 0.6 is 11.3 Å². The second-order valence-electron chi connectivity index (χ2n) is 3.29. The van der Waals surface area contributed by atoms with E-state index in [0.717, 1.165) is 11.3 Å². The quantitative estimate of drug-likeness (QED) is 0.470. The van der Waals surface area contributed by atoms with E-state index < -0.39 is 17.9 Å². The zero-order chi connectivity index (χ0) is 13.7. The van der Waals surface area contributed by atoms with Crippen molar-refractivity contribution in [2.45, 2.75) is 13.0 Å². The van der Waals surface area contributed by atoms with Crippen molar-refractivity contribution in [3.05, 3.63) is 11.1 Å². The van der Waals surface area contributed by atoms with E-state index in [1.54, 1.807) is 5.38 Å². The Bertz CT molecular complexity index is 484. The van der Waals surface area contributed by atoms with E-state index in [4.69, 9.17) is 11.5 Å². The summed E-state index contributed by atoms with van der Waals surface area (Å²) in [5.74, 6) is -1.27. The third-order valence-electron chi connectivity index (χ3n) is 1.94. The number of anilines is 1. The Kier molecular flexibility index (Phi) is 4.60. The molecule has 1 unspecified atom stereocenters. The number of carbonyl (C=O) groups is 2. The number of amides is 2. The Morgan fingerprint density at radius 1 is 1.61 bits per heavy atom. The topological polar surface area (TPSA) is 133 Å². The van der Waals surface area contributed by atoms with E-state index in [1.165, 1.54) is 14.0 Å². The van der Waals surface area contributed by atoms with Crippen LogP contribution in [0.15, 0.2) is 10.5 Å². The minimum absolute atomic E-state index is 0.0708. The summed E-state index contributed by atoms with van der Waals surface area (Å²) in [5.41, 5.74) is 10.7. The molecule has 1 aromatic rings. The number of hydrogen-bond acceptors (Lipinski definition) is 7. The maximum Gasteiger partial charge on any atom is 0.276 e. The van der Waals surface area contributed by atoms with E-state index in [2.05, 4.69) is 20.3 Å². The molecule has 0 bridgehead atoms. The highest BCUT2D eigenvalue weighted by Gasteiger charge is 2.21. The van der Waals surface area contributed by atoms with Gasteiger partial charge in [0, 0.05) is 5.38 Å². The molecule has 9 heteroatoms. The van der Waals surface area contributed by atoms with Gasteiger partial charge in [-0.2, -0.15) is 0 Å². The molecule has 0 fully saturated rings. The number of hydrogen-bond donors (Lipinski definition) is 3. The van der Waals surface area contributed by atoms with Crippen molar-refractivity contribution in [3.8, 4) is 0 Å². The number of nitrogens with zero attached hydrogens (tertiary/aromatic N) is 2. The number of nitrogen functional groups attached to an aromatic ring is 1. The minimum Gasteiger partial charge on any atom is -0.398 e. The Morgan fingerprint density at radius 3 is 2.72 bits per heavy atom. The molecule has 2 amide bonds. The highest BCUT2D eigenvalue weighted by atomic mass is 32.1. The minimum atomic E-state index is -0.824. The van der Waals surface area contributed by atoms with Crippen LogP contribution in [0.1, 0.15) is 12.6 Å². The number of nitrogens with one attached hydrogen (secondary N) is 1. The normalized spacial score (nSPS) is 12.9. The SMILES string of the molecule is CO/N=C(\C(=O)NC(C)C(N)=O)c1csc(N)n1. The Hall–Kier alpha value is -2.16. The van der Waals surface area contributed by atoms with Gasteiger partial charge in [-0.3, -0.25) is 9.59 Å². The predicted molar refractivity (Wildman–Crippen MR) is 66.9 cm³/mol. The maximum absolute atomic E-state index is 11.9. The summed E-state index contributed by atoms with van der Waals surface area (Å²) in [7, 11) is 1.29. The zero-order valence-corrected chi connectivity index (χ0v) is 10.7. The van der Waals surface area contributed by atoms with Gasteiger partial charge in [-0.25, -0.2) is 4.98 Å². The van der Waals surface area contributed by atoms with E-state index in [0.29, 0.717) is 5.13 Å². The first kappa shape index (κ1) is 13.9. The van der Waals surface area contributed by atoms with Crippen LogP contribution in [-0.2, 0) is 14.4 Å². The van der Waals surface area contributed by atoms with Crippen LogP contribution in [0.3, 0.4) is 0 Å². The van der Waals surface area contributed by atoms with Crippen LogP contribution in [0.5, 0.6) is 0 Å². The number of carbonyl (C=O) groups excluding carboxylic acids is 2. The number of aromatic nitrogens is 1. The molecule has 8 nitrogen and oxygen atoms in total. The smallest absolute Gasteiger partial charge is 0.276 e. The lowest BCUT2D eigenvalue weighted by Gasteiger charge is -2.10. The third kappa shape index (κ3) is 3.42. The van der Waals surface area contributed by atoms with Gasteiger partial charge in [-0.1, -0.05) is 5.16 Å². The molecule has 0 saturated heterocycles. The van der Waals surface area contributed by atoms with Crippen LogP contribution in [0.25, 0.3) is 0 Å². The van der Waals surface area contributed by atoms with Crippen molar-refractivity contribution >= 4 is 34.0 Å². The molecule has 0 aromatic carbocycles. The second kappa shape index (κ2) is 5.96. The summed E-state index contributed by atoms with van der Waals surface area (Å²) in [4.78, 5) is 31.2. The van der Waals surface area contributed by atoms with Crippen molar-refractivity contribution in [2.24, 2.45) is 10.9 Å². The average molecular weight is 271 g/mol. The first-order valence-electron chi connectivity index (χ1n) is 4.88. The monoisotopic (exact) mass is 271 g/mol. The van der Waals surface area contributed by atoms with Crippen molar-refractivity contribution in [2.75, 3.05) is 12.8 Å². The van der Waals surface area contributed by atoms with Crippen LogP contribution in [0.4, 0.5) is 5.13 Å². The molecule has 98 valence electrons. The zero-order valence-electron chi connectivity index (χ0n) is 9.84.